The third-order valence-corrected chi connectivity index (χ3v) is 4.35. The molecule has 0 spiro atoms. The van der Waals surface area contributed by atoms with Crippen molar-refractivity contribution in [2.24, 2.45) is 0 Å². The Kier molecular flexibility index (Phi) is 5.16. The number of hydrogen-bond acceptors (Lipinski definition) is 2. The van der Waals surface area contributed by atoms with Gasteiger partial charge in [-0.15, -0.1) is 0 Å². The average molecular weight is 343 g/mol. The zero-order valence-corrected chi connectivity index (χ0v) is 14.1. The molecule has 0 aromatic heterocycles. The lowest BCUT2D eigenvalue weighted by atomic mass is 10.1. The number of carbonyl (C=O) groups is 2. The van der Waals surface area contributed by atoms with Gasteiger partial charge in [-0.1, -0.05) is 17.7 Å². The van der Waals surface area contributed by atoms with Gasteiger partial charge in [0.25, 0.3) is 11.8 Å². The molecule has 1 N–H and O–H groups in total. The van der Waals surface area contributed by atoms with Crippen molar-refractivity contribution in [3.05, 3.63) is 64.7 Å². The molecule has 1 aliphatic rings. The molecule has 1 aliphatic heterocycles. The summed E-state index contributed by atoms with van der Waals surface area (Å²) >= 11 is 5.91. The molecule has 24 heavy (non-hydrogen) atoms. The Hall–Kier alpha value is -2.33. The molecule has 124 valence electrons. The number of piperidine rings is 1. The normalized spacial score (nSPS) is 14.3. The molecular formula is C19H19ClN2O2. The lowest BCUT2D eigenvalue weighted by Gasteiger charge is -2.26. The molecule has 2 aromatic carbocycles. The third-order valence-electron chi connectivity index (χ3n) is 4.12. The van der Waals surface area contributed by atoms with Gasteiger partial charge in [-0.2, -0.15) is 0 Å². The number of amides is 2. The highest BCUT2D eigenvalue weighted by molar-refractivity contribution is 6.31. The van der Waals surface area contributed by atoms with E-state index in [2.05, 4.69) is 5.32 Å². The number of anilines is 1. The molecule has 0 unspecified atom stereocenters. The molecule has 0 atom stereocenters. The number of rotatable bonds is 3. The third kappa shape index (κ3) is 3.95. The Balaban J connectivity index is 1.67. The lowest BCUT2D eigenvalue weighted by molar-refractivity contribution is 0.0724. The SMILES string of the molecule is O=C(Nc1cccc(Cl)c1)c1ccc(C(=O)N2CCCCC2)cc1. The fraction of sp³-hybridized carbons (Fsp3) is 0.263. The number of benzene rings is 2. The van der Waals surface area contributed by atoms with E-state index < -0.39 is 0 Å². The molecule has 1 fully saturated rings. The lowest BCUT2D eigenvalue weighted by Crippen LogP contribution is -2.35. The highest BCUT2D eigenvalue weighted by Gasteiger charge is 2.18. The number of likely N-dealkylation sites (tertiary alicyclic amines) is 1. The summed E-state index contributed by atoms with van der Waals surface area (Å²) in [6, 6.07) is 13.8. The Morgan fingerprint density at radius 2 is 1.58 bits per heavy atom. The van der Waals surface area contributed by atoms with Crippen LogP contribution in [0.5, 0.6) is 0 Å². The van der Waals surface area contributed by atoms with E-state index in [0.29, 0.717) is 21.8 Å². The van der Waals surface area contributed by atoms with Crippen molar-refractivity contribution in [3.8, 4) is 0 Å². The maximum Gasteiger partial charge on any atom is 0.255 e. The van der Waals surface area contributed by atoms with Gasteiger partial charge in [0, 0.05) is 34.9 Å². The minimum atomic E-state index is -0.228. The fourth-order valence-electron chi connectivity index (χ4n) is 2.81. The summed E-state index contributed by atoms with van der Waals surface area (Å²) in [4.78, 5) is 26.6. The molecule has 2 amide bonds. The van der Waals surface area contributed by atoms with Crippen LogP contribution in [0.4, 0.5) is 5.69 Å². The van der Waals surface area contributed by atoms with Crippen LogP contribution >= 0.6 is 11.6 Å². The Bertz CT molecular complexity index is 737. The van der Waals surface area contributed by atoms with E-state index >= 15 is 0 Å². The van der Waals surface area contributed by atoms with Crippen LogP contribution in [-0.4, -0.2) is 29.8 Å². The standard InChI is InChI=1S/C19H19ClN2O2/c20-16-5-4-6-17(13-16)21-18(23)14-7-9-15(10-8-14)19(24)22-11-2-1-3-12-22/h4-10,13H,1-3,11-12H2,(H,21,23). The first-order valence-electron chi connectivity index (χ1n) is 8.10. The Morgan fingerprint density at radius 3 is 2.25 bits per heavy atom. The van der Waals surface area contributed by atoms with E-state index in [0.717, 1.165) is 25.9 Å². The second-order valence-electron chi connectivity index (χ2n) is 5.89. The first-order chi connectivity index (χ1) is 11.6. The number of hydrogen-bond donors (Lipinski definition) is 1. The van der Waals surface area contributed by atoms with E-state index in [4.69, 9.17) is 11.6 Å². The van der Waals surface area contributed by atoms with Crippen molar-refractivity contribution in [2.45, 2.75) is 19.3 Å². The molecule has 0 aliphatic carbocycles. The van der Waals surface area contributed by atoms with E-state index in [1.165, 1.54) is 6.42 Å². The number of nitrogens with zero attached hydrogens (tertiary/aromatic N) is 1. The Morgan fingerprint density at radius 1 is 0.917 bits per heavy atom. The van der Waals surface area contributed by atoms with Crippen LogP contribution in [0.1, 0.15) is 40.0 Å². The summed E-state index contributed by atoms with van der Waals surface area (Å²) < 4.78 is 0. The highest BCUT2D eigenvalue weighted by atomic mass is 35.5. The number of halogens is 1. The zero-order chi connectivity index (χ0) is 16.9. The zero-order valence-electron chi connectivity index (χ0n) is 13.3. The van der Waals surface area contributed by atoms with Gasteiger partial charge in [-0.05, 0) is 61.7 Å². The van der Waals surface area contributed by atoms with E-state index in [1.807, 2.05) is 4.90 Å². The second-order valence-corrected chi connectivity index (χ2v) is 6.33. The van der Waals surface area contributed by atoms with Gasteiger partial charge in [0.05, 0.1) is 0 Å². The van der Waals surface area contributed by atoms with E-state index in [9.17, 15) is 9.59 Å². The van der Waals surface area contributed by atoms with E-state index in [1.54, 1.807) is 48.5 Å². The van der Waals surface area contributed by atoms with Gasteiger partial charge >= 0.3 is 0 Å². The summed E-state index contributed by atoms with van der Waals surface area (Å²) in [6.45, 7) is 1.63. The molecule has 0 bridgehead atoms. The minimum Gasteiger partial charge on any atom is -0.339 e. The molecule has 0 radical (unpaired) electrons. The van der Waals surface area contributed by atoms with Crippen molar-refractivity contribution < 1.29 is 9.59 Å². The van der Waals surface area contributed by atoms with Gasteiger partial charge < -0.3 is 10.2 Å². The molecule has 5 heteroatoms. The van der Waals surface area contributed by atoms with Crippen molar-refractivity contribution in [2.75, 3.05) is 18.4 Å². The molecule has 0 saturated carbocycles. The van der Waals surface area contributed by atoms with Crippen LogP contribution in [0.25, 0.3) is 0 Å². The first kappa shape index (κ1) is 16.5. The van der Waals surface area contributed by atoms with Gasteiger partial charge in [0.2, 0.25) is 0 Å². The molecular weight excluding hydrogens is 324 g/mol. The van der Waals surface area contributed by atoms with Gasteiger partial charge in [0.15, 0.2) is 0 Å². The summed E-state index contributed by atoms with van der Waals surface area (Å²) in [5, 5.41) is 3.36. The van der Waals surface area contributed by atoms with Crippen molar-refractivity contribution in [3.63, 3.8) is 0 Å². The van der Waals surface area contributed by atoms with Crippen LogP contribution in [0, 0.1) is 0 Å². The van der Waals surface area contributed by atoms with Crippen LogP contribution in [0.3, 0.4) is 0 Å². The summed E-state index contributed by atoms with van der Waals surface area (Å²) in [6.07, 6.45) is 3.31. The molecule has 3 rings (SSSR count). The van der Waals surface area contributed by atoms with Crippen molar-refractivity contribution >= 4 is 29.1 Å². The maximum absolute atomic E-state index is 12.4. The summed E-state index contributed by atoms with van der Waals surface area (Å²) in [7, 11) is 0. The van der Waals surface area contributed by atoms with Gasteiger partial charge in [-0.3, -0.25) is 9.59 Å². The van der Waals surface area contributed by atoms with Gasteiger partial charge in [-0.25, -0.2) is 0 Å². The molecule has 1 heterocycles. The molecule has 2 aromatic rings. The topological polar surface area (TPSA) is 49.4 Å². The number of nitrogens with one attached hydrogen (secondary N) is 1. The second kappa shape index (κ2) is 7.49. The number of carbonyl (C=O) groups excluding carboxylic acids is 2. The van der Waals surface area contributed by atoms with Crippen molar-refractivity contribution in [1.82, 2.24) is 4.90 Å². The summed E-state index contributed by atoms with van der Waals surface area (Å²) in [5.74, 6) is -0.189. The highest BCUT2D eigenvalue weighted by Crippen LogP contribution is 2.17. The monoisotopic (exact) mass is 342 g/mol. The smallest absolute Gasteiger partial charge is 0.255 e. The van der Waals surface area contributed by atoms with E-state index in [-0.39, 0.29) is 11.8 Å². The van der Waals surface area contributed by atoms with Gasteiger partial charge in [0.1, 0.15) is 0 Å². The largest absolute Gasteiger partial charge is 0.339 e. The predicted octanol–water partition coefficient (Wildman–Crippen LogP) is 4.22. The van der Waals surface area contributed by atoms with Crippen LogP contribution < -0.4 is 5.32 Å². The minimum absolute atomic E-state index is 0.0384. The molecule has 1 saturated heterocycles. The first-order valence-corrected chi connectivity index (χ1v) is 8.47. The predicted molar refractivity (Wildman–Crippen MR) is 95.6 cm³/mol. The molecule has 4 nitrogen and oxygen atoms in total. The van der Waals surface area contributed by atoms with Crippen molar-refractivity contribution in [1.29, 1.82) is 0 Å². The van der Waals surface area contributed by atoms with Crippen LogP contribution in [0.15, 0.2) is 48.5 Å². The quantitative estimate of drug-likeness (QED) is 0.908. The Labute approximate surface area is 146 Å². The summed E-state index contributed by atoms with van der Waals surface area (Å²) in [5.41, 5.74) is 1.77. The average Bonchev–Trinajstić information content (AvgIpc) is 2.62. The van der Waals surface area contributed by atoms with Crippen LogP contribution in [0.2, 0.25) is 5.02 Å². The van der Waals surface area contributed by atoms with Crippen LogP contribution in [-0.2, 0) is 0 Å². The maximum atomic E-state index is 12.4. The fourth-order valence-corrected chi connectivity index (χ4v) is 3.00.